The number of hydrogen-bond acceptors (Lipinski definition) is 4. The maximum Gasteiger partial charge on any atom is 0.316 e. The molecule has 0 bridgehead atoms. The summed E-state index contributed by atoms with van der Waals surface area (Å²) < 4.78 is 29.0. The predicted molar refractivity (Wildman–Crippen MR) is 67.0 cm³/mol. The smallest absolute Gasteiger partial charge is 0.316 e. The van der Waals surface area contributed by atoms with E-state index in [4.69, 9.17) is 14.2 Å². The van der Waals surface area contributed by atoms with E-state index in [0.29, 0.717) is 36.5 Å². The molecule has 5 heteroatoms. The number of ether oxygens (including phenoxy) is 3. The number of methoxy groups -OCH3 is 2. The summed E-state index contributed by atoms with van der Waals surface area (Å²) in [6.45, 7) is 2.07. The molecule has 19 heavy (non-hydrogen) atoms. The van der Waals surface area contributed by atoms with Crippen LogP contribution in [0.1, 0.15) is 25.3 Å². The van der Waals surface area contributed by atoms with Crippen LogP contribution in [0.25, 0.3) is 0 Å². The van der Waals surface area contributed by atoms with Crippen LogP contribution in [0.3, 0.4) is 0 Å². The molecule has 4 nitrogen and oxygen atoms in total. The molecule has 0 spiro atoms. The molecule has 1 saturated carbocycles. The molecule has 0 heterocycles. The Morgan fingerprint density at radius 2 is 1.79 bits per heavy atom. The lowest BCUT2D eigenvalue weighted by atomic mass is 9.93. The SMILES string of the molecule is CCOC(=O)C1(c2c(OC)cc(F)cc2OC)CC1. The second-order valence-electron chi connectivity index (χ2n) is 4.49. The van der Waals surface area contributed by atoms with Crippen LogP contribution in [0.4, 0.5) is 4.39 Å². The van der Waals surface area contributed by atoms with E-state index in [1.807, 2.05) is 0 Å². The minimum absolute atomic E-state index is 0.307. The number of esters is 1. The van der Waals surface area contributed by atoms with Crippen molar-refractivity contribution in [2.24, 2.45) is 0 Å². The highest BCUT2D eigenvalue weighted by Crippen LogP contribution is 2.55. The van der Waals surface area contributed by atoms with Gasteiger partial charge < -0.3 is 14.2 Å². The van der Waals surface area contributed by atoms with Crippen LogP contribution in [-0.4, -0.2) is 26.8 Å². The van der Waals surface area contributed by atoms with Gasteiger partial charge in [0.15, 0.2) is 0 Å². The van der Waals surface area contributed by atoms with E-state index < -0.39 is 11.2 Å². The van der Waals surface area contributed by atoms with E-state index in [9.17, 15) is 9.18 Å². The third-order valence-corrected chi connectivity index (χ3v) is 3.37. The number of carbonyl (C=O) groups is 1. The molecule has 0 atom stereocenters. The van der Waals surface area contributed by atoms with Crippen molar-refractivity contribution in [3.8, 4) is 11.5 Å². The van der Waals surface area contributed by atoms with Gasteiger partial charge in [0, 0.05) is 12.1 Å². The molecule has 1 aromatic carbocycles. The molecule has 1 aliphatic carbocycles. The van der Waals surface area contributed by atoms with Crippen LogP contribution in [-0.2, 0) is 14.9 Å². The van der Waals surface area contributed by atoms with Crippen LogP contribution in [0.2, 0.25) is 0 Å². The quantitative estimate of drug-likeness (QED) is 0.769. The summed E-state index contributed by atoms with van der Waals surface area (Å²) in [4.78, 5) is 12.1. The number of benzene rings is 1. The highest BCUT2D eigenvalue weighted by molar-refractivity contribution is 5.88. The van der Waals surface area contributed by atoms with Gasteiger partial charge in [-0.2, -0.15) is 0 Å². The Labute approximate surface area is 111 Å². The third kappa shape index (κ3) is 2.25. The molecule has 0 aliphatic heterocycles. The van der Waals surface area contributed by atoms with Gasteiger partial charge >= 0.3 is 5.97 Å². The van der Waals surface area contributed by atoms with Gasteiger partial charge in [-0.25, -0.2) is 4.39 Å². The summed E-state index contributed by atoms with van der Waals surface area (Å²) in [5.41, 5.74) is -0.169. The minimum atomic E-state index is -0.750. The van der Waals surface area contributed by atoms with Gasteiger partial charge in [0.05, 0.1) is 26.4 Å². The van der Waals surface area contributed by atoms with Crippen LogP contribution >= 0.6 is 0 Å². The maximum atomic E-state index is 13.5. The molecule has 0 unspecified atom stereocenters. The predicted octanol–water partition coefficient (Wildman–Crippen LogP) is 2.44. The van der Waals surface area contributed by atoms with Crippen molar-refractivity contribution in [1.82, 2.24) is 0 Å². The van der Waals surface area contributed by atoms with Crippen molar-refractivity contribution in [3.05, 3.63) is 23.5 Å². The monoisotopic (exact) mass is 268 g/mol. The molecule has 1 fully saturated rings. The van der Waals surface area contributed by atoms with Crippen LogP contribution in [0.5, 0.6) is 11.5 Å². The Morgan fingerprint density at radius 1 is 1.26 bits per heavy atom. The lowest BCUT2D eigenvalue weighted by Crippen LogP contribution is -2.24. The van der Waals surface area contributed by atoms with Crippen LogP contribution in [0, 0.1) is 5.82 Å². The Balaban J connectivity index is 2.52. The van der Waals surface area contributed by atoms with Gasteiger partial charge in [-0.1, -0.05) is 0 Å². The molecule has 104 valence electrons. The zero-order valence-electron chi connectivity index (χ0n) is 11.3. The average molecular weight is 268 g/mol. The normalized spacial score (nSPS) is 15.8. The second kappa shape index (κ2) is 5.07. The first-order valence-electron chi connectivity index (χ1n) is 6.18. The zero-order chi connectivity index (χ0) is 14.0. The first kappa shape index (κ1) is 13.6. The van der Waals surface area contributed by atoms with Gasteiger partial charge in [0.25, 0.3) is 0 Å². The van der Waals surface area contributed by atoms with Crippen LogP contribution in [0.15, 0.2) is 12.1 Å². The number of hydrogen-bond donors (Lipinski definition) is 0. The fourth-order valence-electron chi connectivity index (χ4n) is 2.30. The minimum Gasteiger partial charge on any atom is -0.496 e. The molecular weight excluding hydrogens is 251 g/mol. The number of rotatable bonds is 5. The molecule has 1 aromatic rings. The summed E-state index contributed by atoms with van der Waals surface area (Å²) in [7, 11) is 2.89. The summed E-state index contributed by atoms with van der Waals surface area (Å²) in [5.74, 6) is -0.125. The first-order chi connectivity index (χ1) is 9.08. The van der Waals surface area contributed by atoms with Crippen LogP contribution < -0.4 is 9.47 Å². The highest BCUT2D eigenvalue weighted by atomic mass is 19.1. The topological polar surface area (TPSA) is 44.8 Å². The Kier molecular flexibility index (Phi) is 3.64. The summed E-state index contributed by atoms with van der Waals surface area (Å²) in [6.07, 6.45) is 1.31. The molecule has 0 radical (unpaired) electrons. The largest absolute Gasteiger partial charge is 0.496 e. The van der Waals surface area contributed by atoms with Crippen molar-refractivity contribution in [1.29, 1.82) is 0 Å². The second-order valence-corrected chi connectivity index (χ2v) is 4.49. The lowest BCUT2D eigenvalue weighted by molar-refractivity contribution is -0.146. The van der Waals surface area contributed by atoms with Gasteiger partial charge in [-0.05, 0) is 19.8 Å². The van der Waals surface area contributed by atoms with Gasteiger partial charge in [0.2, 0.25) is 0 Å². The lowest BCUT2D eigenvalue weighted by Gasteiger charge is -2.20. The van der Waals surface area contributed by atoms with Gasteiger partial charge in [-0.3, -0.25) is 4.79 Å². The molecule has 1 aliphatic rings. The van der Waals surface area contributed by atoms with E-state index in [2.05, 4.69) is 0 Å². The Bertz CT molecular complexity index is 469. The van der Waals surface area contributed by atoms with Gasteiger partial charge in [0.1, 0.15) is 22.7 Å². The van der Waals surface area contributed by atoms with E-state index in [-0.39, 0.29) is 5.97 Å². The van der Waals surface area contributed by atoms with Crippen molar-refractivity contribution in [3.63, 3.8) is 0 Å². The van der Waals surface area contributed by atoms with Gasteiger partial charge in [-0.15, -0.1) is 0 Å². The molecule has 2 rings (SSSR count). The van der Waals surface area contributed by atoms with Crippen molar-refractivity contribution < 1.29 is 23.4 Å². The molecule has 0 N–H and O–H groups in total. The third-order valence-electron chi connectivity index (χ3n) is 3.37. The first-order valence-corrected chi connectivity index (χ1v) is 6.18. The molecule has 0 aromatic heterocycles. The maximum absolute atomic E-state index is 13.5. The van der Waals surface area contributed by atoms with E-state index in [1.165, 1.54) is 26.4 Å². The average Bonchev–Trinajstić information content (AvgIpc) is 3.19. The number of halogens is 1. The van der Waals surface area contributed by atoms with Crippen molar-refractivity contribution in [2.45, 2.75) is 25.2 Å². The fraction of sp³-hybridized carbons (Fsp3) is 0.500. The molecular formula is C14H17FO4. The molecule has 0 saturated heterocycles. The Hall–Kier alpha value is -1.78. The summed E-state index contributed by atoms with van der Waals surface area (Å²) in [5, 5.41) is 0. The highest BCUT2D eigenvalue weighted by Gasteiger charge is 2.56. The van der Waals surface area contributed by atoms with E-state index in [0.717, 1.165) is 0 Å². The summed E-state index contributed by atoms with van der Waals surface area (Å²) in [6, 6.07) is 2.52. The summed E-state index contributed by atoms with van der Waals surface area (Å²) >= 11 is 0. The van der Waals surface area contributed by atoms with Crippen molar-refractivity contribution in [2.75, 3.05) is 20.8 Å². The number of carbonyl (C=O) groups excluding carboxylic acids is 1. The van der Waals surface area contributed by atoms with Crippen molar-refractivity contribution >= 4 is 5.97 Å². The van der Waals surface area contributed by atoms with E-state index in [1.54, 1.807) is 6.92 Å². The standard InChI is InChI=1S/C14H17FO4/c1-4-19-13(16)14(5-6-14)12-10(17-2)7-9(15)8-11(12)18-3/h7-8H,4-6H2,1-3H3. The van der Waals surface area contributed by atoms with E-state index >= 15 is 0 Å². The Morgan fingerprint density at radius 3 is 2.16 bits per heavy atom. The molecule has 0 amide bonds. The fourth-order valence-corrected chi connectivity index (χ4v) is 2.30. The zero-order valence-corrected chi connectivity index (χ0v) is 11.3.